The maximum absolute atomic E-state index is 12.4. The van der Waals surface area contributed by atoms with Crippen molar-refractivity contribution in [2.24, 2.45) is 5.92 Å². The van der Waals surface area contributed by atoms with Gasteiger partial charge >= 0.3 is 5.97 Å². The van der Waals surface area contributed by atoms with Crippen molar-refractivity contribution in [3.8, 4) is 0 Å². The number of amides is 1. The van der Waals surface area contributed by atoms with Crippen molar-refractivity contribution in [1.82, 2.24) is 10.0 Å². The number of esters is 1. The maximum atomic E-state index is 12.4. The highest BCUT2D eigenvalue weighted by molar-refractivity contribution is 7.89. The minimum Gasteiger partial charge on any atom is -0.468 e. The lowest BCUT2D eigenvalue weighted by Crippen LogP contribution is -2.44. The smallest absolute Gasteiger partial charge is 0.324 e. The molecule has 2 aromatic carbocycles. The van der Waals surface area contributed by atoms with Crippen LogP contribution in [0.4, 0.5) is 0 Å². The second kappa shape index (κ2) is 12.2. The molecule has 2 rings (SSSR count). The van der Waals surface area contributed by atoms with Crippen molar-refractivity contribution in [1.29, 1.82) is 0 Å². The molecule has 31 heavy (non-hydrogen) atoms. The second-order valence-electron chi connectivity index (χ2n) is 7.44. The van der Waals surface area contributed by atoms with Crippen LogP contribution in [0.25, 0.3) is 0 Å². The summed E-state index contributed by atoms with van der Waals surface area (Å²) in [5.41, 5.74) is 1.89. The van der Waals surface area contributed by atoms with E-state index in [1.54, 1.807) is 0 Å². The standard InChI is InChI=1S/C23H30N2O5S/c1-18(16-19-10-5-3-6-11-19)22(26)24-14-9-15-31(28,29)25-21(23(27)30-2)17-20-12-7-4-8-13-20/h3-8,10-13,18,21,25H,9,14-17H2,1-2H3,(H,24,26)/t18-,21-/m0/s1. The Balaban J connectivity index is 1.80. The SMILES string of the molecule is COC(=O)[C@H](Cc1ccccc1)NS(=O)(=O)CCCNC(=O)[C@@H](C)Cc1ccccc1. The number of nitrogens with one attached hydrogen (secondary N) is 2. The van der Waals surface area contributed by atoms with Gasteiger partial charge in [-0.1, -0.05) is 67.6 Å². The molecule has 0 saturated heterocycles. The maximum Gasteiger partial charge on any atom is 0.324 e. The van der Waals surface area contributed by atoms with E-state index < -0.39 is 22.0 Å². The predicted octanol–water partition coefficient (Wildman–Crippen LogP) is 2.08. The van der Waals surface area contributed by atoms with Crippen molar-refractivity contribution in [3.63, 3.8) is 0 Å². The summed E-state index contributed by atoms with van der Waals surface area (Å²) in [5.74, 6) is -1.18. The van der Waals surface area contributed by atoms with E-state index in [1.807, 2.05) is 67.6 Å². The number of benzene rings is 2. The molecule has 0 spiro atoms. The first-order valence-corrected chi connectivity index (χ1v) is 11.9. The number of rotatable bonds is 12. The molecule has 7 nitrogen and oxygen atoms in total. The fraction of sp³-hybridized carbons (Fsp3) is 0.391. The zero-order valence-electron chi connectivity index (χ0n) is 17.9. The summed E-state index contributed by atoms with van der Waals surface area (Å²) in [6.45, 7) is 2.08. The summed E-state index contributed by atoms with van der Waals surface area (Å²) in [6, 6.07) is 17.8. The first-order chi connectivity index (χ1) is 14.8. The Kier molecular flexibility index (Phi) is 9.68. The van der Waals surface area contributed by atoms with E-state index in [-0.39, 0.29) is 37.0 Å². The monoisotopic (exact) mass is 446 g/mol. The van der Waals surface area contributed by atoms with Gasteiger partial charge in [0.1, 0.15) is 6.04 Å². The predicted molar refractivity (Wildman–Crippen MR) is 120 cm³/mol. The van der Waals surface area contributed by atoms with Gasteiger partial charge < -0.3 is 10.1 Å². The molecule has 0 aliphatic heterocycles. The second-order valence-corrected chi connectivity index (χ2v) is 9.31. The van der Waals surface area contributed by atoms with Gasteiger partial charge in [0.2, 0.25) is 15.9 Å². The van der Waals surface area contributed by atoms with Gasteiger partial charge in [0.15, 0.2) is 0 Å². The number of sulfonamides is 1. The third-order valence-electron chi connectivity index (χ3n) is 4.81. The Bertz CT molecular complexity index is 933. The number of carbonyl (C=O) groups is 2. The minimum atomic E-state index is -3.72. The van der Waals surface area contributed by atoms with Crippen molar-refractivity contribution in [2.75, 3.05) is 19.4 Å². The highest BCUT2D eigenvalue weighted by Gasteiger charge is 2.25. The molecule has 0 fully saturated rings. The number of carbonyl (C=O) groups excluding carboxylic acids is 2. The van der Waals surface area contributed by atoms with Gasteiger partial charge in [-0.2, -0.15) is 0 Å². The highest BCUT2D eigenvalue weighted by Crippen LogP contribution is 2.09. The Hall–Kier alpha value is -2.71. The largest absolute Gasteiger partial charge is 0.468 e. The van der Waals surface area contributed by atoms with E-state index in [2.05, 4.69) is 10.0 Å². The minimum absolute atomic E-state index is 0.120. The van der Waals surface area contributed by atoms with Crippen LogP contribution in [0.15, 0.2) is 60.7 Å². The fourth-order valence-corrected chi connectivity index (χ4v) is 4.40. The zero-order valence-corrected chi connectivity index (χ0v) is 18.7. The van der Waals surface area contributed by atoms with E-state index >= 15 is 0 Å². The molecule has 0 heterocycles. The van der Waals surface area contributed by atoms with Crippen molar-refractivity contribution in [3.05, 3.63) is 71.8 Å². The summed E-state index contributed by atoms with van der Waals surface area (Å²) < 4.78 is 32.0. The molecule has 2 aromatic rings. The van der Waals surface area contributed by atoms with Gasteiger partial charge in [0, 0.05) is 12.5 Å². The van der Waals surface area contributed by atoms with Gasteiger partial charge in [-0.05, 0) is 30.4 Å². The zero-order chi connectivity index (χ0) is 22.7. The fourth-order valence-electron chi connectivity index (χ4n) is 3.15. The highest BCUT2D eigenvalue weighted by atomic mass is 32.2. The van der Waals surface area contributed by atoms with Crippen LogP contribution in [0.3, 0.4) is 0 Å². The van der Waals surface area contributed by atoms with Crippen molar-refractivity contribution >= 4 is 21.9 Å². The van der Waals surface area contributed by atoms with Crippen LogP contribution in [-0.4, -0.2) is 45.7 Å². The molecule has 1 amide bonds. The molecule has 0 aliphatic carbocycles. The number of hydrogen-bond acceptors (Lipinski definition) is 5. The lowest BCUT2D eigenvalue weighted by atomic mass is 10.0. The molecule has 2 N–H and O–H groups in total. The van der Waals surface area contributed by atoms with Gasteiger partial charge in [0.25, 0.3) is 0 Å². The molecule has 0 aromatic heterocycles. The van der Waals surface area contributed by atoms with Gasteiger partial charge in [-0.3, -0.25) is 9.59 Å². The molecular weight excluding hydrogens is 416 g/mol. The van der Waals surface area contributed by atoms with Crippen LogP contribution in [0, 0.1) is 5.92 Å². The van der Waals surface area contributed by atoms with Gasteiger partial charge in [0.05, 0.1) is 12.9 Å². The van der Waals surface area contributed by atoms with E-state index in [1.165, 1.54) is 7.11 Å². The van der Waals surface area contributed by atoms with Crippen molar-refractivity contribution < 1.29 is 22.7 Å². The quantitative estimate of drug-likeness (QED) is 0.384. The van der Waals surface area contributed by atoms with Crippen LogP contribution < -0.4 is 10.0 Å². The van der Waals surface area contributed by atoms with Crippen LogP contribution in [0.5, 0.6) is 0 Å². The molecule has 0 radical (unpaired) electrons. The van der Waals surface area contributed by atoms with Crippen LogP contribution >= 0.6 is 0 Å². The van der Waals surface area contributed by atoms with E-state index in [0.717, 1.165) is 11.1 Å². The third-order valence-corrected chi connectivity index (χ3v) is 6.28. The lowest BCUT2D eigenvalue weighted by Gasteiger charge is -2.17. The molecule has 168 valence electrons. The number of ether oxygens (including phenoxy) is 1. The molecule has 0 unspecified atom stereocenters. The van der Waals surface area contributed by atoms with Crippen LogP contribution in [0.2, 0.25) is 0 Å². The molecule has 0 aliphatic rings. The topological polar surface area (TPSA) is 102 Å². The summed E-state index contributed by atoms with van der Waals surface area (Å²) in [4.78, 5) is 24.3. The van der Waals surface area contributed by atoms with Gasteiger partial charge in [-0.25, -0.2) is 13.1 Å². The molecule has 8 heteroatoms. The first-order valence-electron chi connectivity index (χ1n) is 10.2. The molecule has 0 bridgehead atoms. The summed E-state index contributed by atoms with van der Waals surface area (Å²) >= 11 is 0. The molecule has 2 atom stereocenters. The number of hydrogen-bond donors (Lipinski definition) is 2. The Morgan fingerprint density at radius 2 is 1.48 bits per heavy atom. The number of methoxy groups -OCH3 is 1. The molecular formula is C23H30N2O5S. The van der Waals surface area contributed by atoms with Gasteiger partial charge in [-0.15, -0.1) is 0 Å². The Morgan fingerprint density at radius 1 is 0.935 bits per heavy atom. The summed E-state index contributed by atoms with van der Waals surface area (Å²) in [5, 5.41) is 2.78. The Labute approximate surface area is 184 Å². The normalized spacial score (nSPS) is 13.2. The van der Waals surface area contributed by atoms with E-state index in [9.17, 15) is 18.0 Å². The van der Waals surface area contributed by atoms with Crippen LogP contribution in [0.1, 0.15) is 24.5 Å². The Morgan fingerprint density at radius 3 is 2.03 bits per heavy atom. The third kappa shape index (κ3) is 8.90. The summed E-state index contributed by atoms with van der Waals surface area (Å²) in [7, 11) is -2.50. The molecule has 0 saturated carbocycles. The van der Waals surface area contributed by atoms with E-state index in [0.29, 0.717) is 6.42 Å². The average molecular weight is 447 g/mol. The van der Waals surface area contributed by atoms with E-state index in [4.69, 9.17) is 4.74 Å². The van der Waals surface area contributed by atoms with Crippen molar-refractivity contribution in [2.45, 2.75) is 32.2 Å². The first kappa shape index (κ1) is 24.6. The average Bonchev–Trinajstić information content (AvgIpc) is 2.76. The lowest BCUT2D eigenvalue weighted by molar-refractivity contribution is -0.142. The van der Waals surface area contributed by atoms with Crippen LogP contribution in [-0.2, 0) is 37.2 Å². The summed E-state index contributed by atoms with van der Waals surface area (Å²) in [6.07, 6.45) is 1.05.